The number of halogens is 2. The number of nitrogens with two attached hydrogens (primary N) is 1. The average molecular weight is 629 g/mol. The van der Waals surface area contributed by atoms with Crippen LogP contribution in [0.4, 0.5) is 13.6 Å². The zero-order chi connectivity index (χ0) is 32.7. The first-order valence-electron chi connectivity index (χ1n) is 14.9. The lowest BCUT2D eigenvalue weighted by atomic mass is 9.99. The summed E-state index contributed by atoms with van der Waals surface area (Å²) in [5, 5.41) is 7.86. The predicted octanol–water partition coefficient (Wildman–Crippen LogP) is 4.46. The molecule has 45 heavy (non-hydrogen) atoms. The molecule has 5 rings (SSSR count). The number of alkyl halides is 2. The molecule has 3 aromatic rings. The third-order valence-electron chi connectivity index (χ3n) is 7.57. The molecule has 0 saturated carbocycles. The molecule has 0 spiro atoms. The number of carbonyl (C=O) groups is 3. The van der Waals surface area contributed by atoms with Crippen LogP contribution in [0.25, 0.3) is 21.9 Å². The number of hydrogen-bond donors (Lipinski definition) is 2. The third-order valence-corrected chi connectivity index (χ3v) is 7.57. The van der Waals surface area contributed by atoms with Crippen LogP contribution in [0.3, 0.4) is 0 Å². The Hall–Kier alpha value is -4.49. The van der Waals surface area contributed by atoms with Gasteiger partial charge in [0.15, 0.2) is 0 Å². The first-order chi connectivity index (χ1) is 21.1. The topological polar surface area (TPSA) is 151 Å². The molecule has 2 aliphatic heterocycles. The summed E-state index contributed by atoms with van der Waals surface area (Å²) in [5.41, 5.74) is 6.65. The summed E-state index contributed by atoms with van der Waals surface area (Å²) in [6.07, 6.45) is 5.19. The van der Waals surface area contributed by atoms with E-state index in [1.165, 1.54) is 0 Å². The fourth-order valence-electron chi connectivity index (χ4n) is 5.47. The number of nitrogens with zero attached hydrogens (tertiary/aromatic N) is 4. The number of benzene rings is 1. The van der Waals surface area contributed by atoms with Crippen LogP contribution < -0.4 is 20.5 Å². The van der Waals surface area contributed by atoms with Gasteiger partial charge < -0.3 is 30.2 Å². The summed E-state index contributed by atoms with van der Waals surface area (Å²) in [6.45, 7) is 9.93. The van der Waals surface area contributed by atoms with Crippen molar-refractivity contribution in [1.29, 1.82) is 0 Å². The summed E-state index contributed by atoms with van der Waals surface area (Å²) in [6, 6.07) is 2.34. The average Bonchev–Trinajstić information content (AvgIpc) is 3.53. The number of rotatable bonds is 8. The van der Waals surface area contributed by atoms with Crippen molar-refractivity contribution in [3.05, 3.63) is 36.3 Å². The number of nitrogens with one attached hydrogen (secondary N) is 1. The highest BCUT2D eigenvalue weighted by molar-refractivity contribution is 6.06. The molecular weight excluding hydrogens is 590 g/mol. The second-order valence-corrected chi connectivity index (χ2v) is 12.7. The fourth-order valence-corrected chi connectivity index (χ4v) is 5.47. The van der Waals surface area contributed by atoms with Crippen LogP contribution in [0.5, 0.6) is 11.6 Å². The van der Waals surface area contributed by atoms with Gasteiger partial charge in [-0.3, -0.25) is 14.3 Å². The van der Waals surface area contributed by atoms with E-state index in [9.17, 15) is 23.2 Å². The van der Waals surface area contributed by atoms with E-state index in [4.69, 9.17) is 19.9 Å². The number of fused-ring (bicyclic) bond motifs is 1. The van der Waals surface area contributed by atoms with Crippen molar-refractivity contribution in [2.45, 2.75) is 83.6 Å². The largest absolute Gasteiger partial charge is 0.490 e. The van der Waals surface area contributed by atoms with Gasteiger partial charge in [-0.05, 0) is 65.0 Å². The molecule has 2 fully saturated rings. The molecule has 0 aliphatic carbocycles. The lowest BCUT2D eigenvalue weighted by molar-refractivity contribution is -0.139. The Morgan fingerprint density at radius 1 is 1.16 bits per heavy atom. The van der Waals surface area contributed by atoms with E-state index in [0.29, 0.717) is 47.8 Å². The minimum absolute atomic E-state index is 0.0474. The maximum Gasteiger partial charge on any atom is 0.410 e. The molecule has 4 heterocycles. The maximum absolute atomic E-state index is 13.8. The Bertz CT molecular complexity index is 1610. The van der Waals surface area contributed by atoms with Gasteiger partial charge in [0.25, 0.3) is 11.8 Å². The number of primary amides is 1. The van der Waals surface area contributed by atoms with Crippen molar-refractivity contribution in [3.63, 3.8) is 0 Å². The number of hydrogen-bond acceptors (Lipinski definition) is 8. The van der Waals surface area contributed by atoms with Gasteiger partial charge in [0.05, 0.1) is 29.9 Å². The molecule has 2 saturated heterocycles. The maximum atomic E-state index is 13.8. The van der Waals surface area contributed by atoms with E-state index >= 15 is 0 Å². The van der Waals surface area contributed by atoms with Crippen LogP contribution in [0.1, 0.15) is 70.3 Å². The van der Waals surface area contributed by atoms with Crippen LogP contribution in [-0.4, -0.2) is 80.9 Å². The second kappa shape index (κ2) is 12.1. The number of aromatic nitrogens is 3. The van der Waals surface area contributed by atoms with Crippen molar-refractivity contribution in [1.82, 2.24) is 25.0 Å². The number of pyridine rings is 1. The monoisotopic (exact) mass is 628 g/mol. The van der Waals surface area contributed by atoms with Crippen molar-refractivity contribution in [2.24, 2.45) is 5.73 Å². The summed E-state index contributed by atoms with van der Waals surface area (Å²) in [4.78, 5) is 42.7. The molecule has 242 valence electrons. The quantitative estimate of drug-likeness (QED) is 0.371. The molecule has 12 nitrogen and oxygen atoms in total. The van der Waals surface area contributed by atoms with Gasteiger partial charge >= 0.3 is 12.0 Å². The van der Waals surface area contributed by atoms with E-state index in [1.807, 2.05) is 31.6 Å². The number of amides is 3. The molecule has 2 aliphatic rings. The Labute approximate surface area is 259 Å². The van der Waals surface area contributed by atoms with Gasteiger partial charge in [0, 0.05) is 48.4 Å². The number of ether oxygens (including phenoxy) is 3. The Morgan fingerprint density at radius 3 is 2.47 bits per heavy atom. The smallest absolute Gasteiger partial charge is 0.410 e. The predicted molar refractivity (Wildman–Crippen MR) is 160 cm³/mol. The summed E-state index contributed by atoms with van der Waals surface area (Å²) >= 11 is 0. The van der Waals surface area contributed by atoms with E-state index in [-0.39, 0.29) is 42.0 Å². The third kappa shape index (κ3) is 7.10. The van der Waals surface area contributed by atoms with E-state index in [1.54, 1.807) is 43.3 Å². The first-order valence-corrected chi connectivity index (χ1v) is 14.9. The highest BCUT2D eigenvalue weighted by Gasteiger charge is 2.48. The van der Waals surface area contributed by atoms with Gasteiger partial charge in [0.1, 0.15) is 18.0 Å². The summed E-state index contributed by atoms with van der Waals surface area (Å²) in [5.74, 6) is -5.16. The van der Waals surface area contributed by atoms with Gasteiger partial charge in [-0.1, -0.05) is 0 Å². The normalized spacial score (nSPS) is 18.7. The van der Waals surface area contributed by atoms with Crippen molar-refractivity contribution < 1.29 is 37.4 Å². The van der Waals surface area contributed by atoms with Gasteiger partial charge in [-0.15, -0.1) is 0 Å². The molecule has 1 aromatic carbocycles. The minimum atomic E-state index is -3.46. The molecule has 2 aromatic heterocycles. The molecule has 14 heteroatoms. The molecule has 0 unspecified atom stereocenters. The molecule has 1 atom stereocenters. The fraction of sp³-hybridized carbons (Fsp3) is 0.516. The molecule has 3 N–H and O–H groups in total. The SMILES string of the molecule is CC(C)Oc1cc2c(OC[C@@H]3CC(F)(F)C(=O)N3)ncc(-c3cnn(C4CCN(C(=O)OC(C)(C)C)CC4)c3)c2cc1C(N)=O. The van der Waals surface area contributed by atoms with E-state index < -0.39 is 35.8 Å². The highest BCUT2D eigenvalue weighted by atomic mass is 19.3. The van der Waals surface area contributed by atoms with Crippen LogP contribution in [-0.2, 0) is 9.53 Å². The standard InChI is InChI=1S/C31H38F2N6O6/c1-17(2)44-25-11-22-21(10-23(25)26(34)40)24(14-35-27(22)43-16-19-12-31(32,33)28(41)37-19)18-13-36-39(15-18)20-6-8-38(9-7-20)29(42)45-30(3,4)5/h10-11,13-15,17,19-20H,6-9,12,16H2,1-5H3,(H2,34,40)(H,37,41)/t19-/m0/s1. The Balaban J connectivity index is 1.44. The van der Waals surface area contributed by atoms with Crippen LogP contribution in [0.2, 0.25) is 0 Å². The number of likely N-dealkylation sites (tertiary alicyclic amines) is 1. The Kier molecular flexibility index (Phi) is 8.60. The molecule has 0 bridgehead atoms. The van der Waals surface area contributed by atoms with E-state index in [2.05, 4.69) is 15.4 Å². The molecule has 3 amide bonds. The van der Waals surface area contributed by atoms with Crippen molar-refractivity contribution in [2.75, 3.05) is 19.7 Å². The lowest BCUT2D eigenvalue weighted by Crippen LogP contribution is -2.42. The zero-order valence-corrected chi connectivity index (χ0v) is 25.9. The minimum Gasteiger partial charge on any atom is -0.490 e. The van der Waals surface area contributed by atoms with Gasteiger partial charge in [-0.2, -0.15) is 13.9 Å². The molecular formula is C31H38F2N6O6. The van der Waals surface area contributed by atoms with E-state index in [0.717, 1.165) is 0 Å². The number of piperidine rings is 1. The van der Waals surface area contributed by atoms with Crippen molar-refractivity contribution >= 4 is 28.7 Å². The molecule has 0 radical (unpaired) electrons. The van der Waals surface area contributed by atoms with Gasteiger partial charge in [0.2, 0.25) is 5.88 Å². The number of carbonyl (C=O) groups excluding carboxylic acids is 3. The lowest BCUT2D eigenvalue weighted by Gasteiger charge is -2.33. The Morgan fingerprint density at radius 2 is 1.87 bits per heavy atom. The van der Waals surface area contributed by atoms with Crippen LogP contribution >= 0.6 is 0 Å². The highest BCUT2D eigenvalue weighted by Crippen LogP contribution is 2.38. The van der Waals surface area contributed by atoms with Gasteiger partial charge in [-0.25, -0.2) is 9.78 Å². The van der Waals surface area contributed by atoms with Crippen LogP contribution in [0.15, 0.2) is 30.7 Å². The first kappa shape index (κ1) is 31.9. The second-order valence-electron chi connectivity index (χ2n) is 12.7. The summed E-state index contributed by atoms with van der Waals surface area (Å²) < 4.78 is 46.6. The summed E-state index contributed by atoms with van der Waals surface area (Å²) in [7, 11) is 0. The zero-order valence-electron chi connectivity index (χ0n) is 25.9. The van der Waals surface area contributed by atoms with Crippen molar-refractivity contribution in [3.8, 4) is 22.8 Å². The van der Waals surface area contributed by atoms with Crippen LogP contribution in [0, 0.1) is 0 Å².